The molecule has 2 aromatic carbocycles. The van der Waals surface area contributed by atoms with E-state index >= 15 is 0 Å². The van der Waals surface area contributed by atoms with Crippen LogP contribution in [-0.2, 0) is 4.79 Å². The van der Waals surface area contributed by atoms with Crippen LogP contribution in [-0.4, -0.2) is 17.2 Å². The van der Waals surface area contributed by atoms with Crippen molar-refractivity contribution in [2.45, 2.75) is 20.0 Å². The first-order valence-electron chi connectivity index (χ1n) is 8.21. The van der Waals surface area contributed by atoms with Gasteiger partial charge < -0.3 is 16.0 Å². The SMILES string of the molecule is CC(C)C(NC(=O)C=Cc1ccccc1)NC(=S)Nc1ccccc1. The molecule has 0 saturated carbocycles. The van der Waals surface area contributed by atoms with E-state index in [2.05, 4.69) is 16.0 Å². The lowest BCUT2D eigenvalue weighted by Crippen LogP contribution is -2.51. The Bertz CT molecular complexity index is 714. The normalized spacial score (nSPS) is 12.0. The molecular weight excluding hydrogens is 330 g/mol. The van der Waals surface area contributed by atoms with E-state index in [1.54, 1.807) is 6.08 Å². The molecule has 1 unspecified atom stereocenters. The number of hydrogen-bond acceptors (Lipinski definition) is 2. The molecule has 0 aliphatic heterocycles. The van der Waals surface area contributed by atoms with Crippen LogP contribution in [0.1, 0.15) is 19.4 Å². The lowest BCUT2D eigenvalue weighted by atomic mass is 10.1. The maximum atomic E-state index is 12.2. The highest BCUT2D eigenvalue weighted by atomic mass is 32.1. The lowest BCUT2D eigenvalue weighted by Gasteiger charge is -2.24. The van der Waals surface area contributed by atoms with Crippen molar-refractivity contribution in [2.24, 2.45) is 5.92 Å². The lowest BCUT2D eigenvalue weighted by molar-refractivity contribution is -0.117. The monoisotopic (exact) mass is 353 g/mol. The van der Waals surface area contributed by atoms with E-state index in [9.17, 15) is 4.79 Å². The number of anilines is 1. The van der Waals surface area contributed by atoms with Crippen molar-refractivity contribution >= 4 is 35.0 Å². The second kappa shape index (κ2) is 9.59. The van der Waals surface area contributed by atoms with E-state index in [0.717, 1.165) is 11.3 Å². The van der Waals surface area contributed by atoms with Gasteiger partial charge in [-0.1, -0.05) is 62.4 Å². The smallest absolute Gasteiger partial charge is 0.245 e. The largest absolute Gasteiger partial charge is 0.342 e. The minimum Gasteiger partial charge on any atom is -0.342 e. The van der Waals surface area contributed by atoms with E-state index in [4.69, 9.17) is 12.2 Å². The van der Waals surface area contributed by atoms with E-state index in [0.29, 0.717) is 5.11 Å². The van der Waals surface area contributed by atoms with Gasteiger partial charge in [-0.05, 0) is 41.9 Å². The summed E-state index contributed by atoms with van der Waals surface area (Å²) in [6.07, 6.45) is 3.05. The first kappa shape index (κ1) is 18.7. The van der Waals surface area contributed by atoms with E-state index in [-0.39, 0.29) is 18.0 Å². The van der Waals surface area contributed by atoms with Gasteiger partial charge in [0.2, 0.25) is 5.91 Å². The van der Waals surface area contributed by atoms with Crippen molar-refractivity contribution < 1.29 is 4.79 Å². The van der Waals surface area contributed by atoms with Gasteiger partial charge in [-0.3, -0.25) is 4.79 Å². The molecule has 0 aromatic heterocycles. The summed E-state index contributed by atoms with van der Waals surface area (Å²) in [6.45, 7) is 4.04. The standard InChI is InChI=1S/C20H23N3OS/c1-15(2)19(23-20(25)21-17-11-7-4-8-12-17)22-18(24)14-13-16-9-5-3-6-10-16/h3-15,19H,1-2H3,(H,22,24)(H2,21,23,25). The number of carbonyl (C=O) groups is 1. The van der Waals surface area contributed by atoms with E-state index in [1.807, 2.05) is 74.5 Å². The highest BCUT2D eigenvalue weighted by Crippen LogP contribution is 2.06. The van der Waals surface area contributed by atoms with Gasteiger partial charge in [-0.15, -0.1) is 0 Å². The number of carbonyl (C=O) groups excluding carboxylic acids is 1. The quantitative estimate of drug-likeness (QED) is 0.420. The fourth-order valence-corrected chi connectivity index (χ4v) is 2.38. The molecule has 0 fully saturated rings. The average molecular weight is 353 g/mol. The van der Waals surface area contributed by atoms with E-state index in [1.165, 1.54) is 6.08 Å². The minimum absolute atomic E-state index is 0.169. The Hall–Kier alpha value is -2.66. The van der Waals surface area contributed by atoms with Crippen LogP contribution in [0.15, 0.2) is 66.7 Å². The molecule has 0 heterocycles. The Morgan fingerprint density at radius 2 is 1.56 bits per heavy atom. The number of rotatable bonds is 6. The molecule has 2 aromatic rings. The van der Waals surface area contributed by atoms with Crippen LogP contribution < -0.4 is 16.0 Å². The predicted octanol–water partition coefficient (Wildman–Crippen LogP) is 3.78. The second-order valence-electron chi connectivity index (χ2n) is 5.94. The zero-order chi connectivity index (χ0) is 18.1. The van der Waals surface area contributed by atoms with Crippen molar-refractivity contribution in [3.8, 4) is 0 Å². The fraction of sp³-hybridized carbons (Fsp3) is 0.200. The minimum atomic E-state index is -0.267. The summed E-state index contributed by atoms with van der Waals surface area (Å²) in [4.78, 5) is 12.2. The summed E-state index contributed by atoms with van der Waals surface area (Å²) >= 11 is 5.33. The van der Waals surface area contributed by atoms with Gasteiger partial charge in [0.25, 0.3) is 0 Å². The van der Waals surface area contributed by atoms with Gasteiger partial charge in [0, 0.05) is 11.8 Å². The van der Waals surface area contributed by atoms with Crippen molar-refractivity contribution in [2.75, 3.05) is 5.32 Å². The Kier molecular flexibility index (Phi) is 7.16. The van der Waals surface area contributed by atoms with Crippen LogP contribution in [0.3, 0.4) is 0 Å². The van der Waals surface area contributed by atoms with Crippen molar-refractivity contribution in [1.29, 1.82) is 0 Å². The molecule has 130 valence electrons. The molecule has 3 N–H and O–H groups in total. The topological polar surface area (TPSA) is 53.2 Å². The van der Waals surface area contributed by atoms with Gasteiger partial charge in [-0.2, -0.15) is 0 Å². The molecule has 0 bridgehead atoms. The third-order valence-corrected chi connectivity index (χ3v) is 3.73. The summed E-state index contributed by atoms with van der Waals surface area (Å²) in [5, 5.41) is 9.67. The number of para-hydroxylation sites is 1. The predicted molar refractivity (Wildman–Crippen MR) is 108 cm³/mol. The summed E-state index contributed by atoms with van der Waals surface area (Å²) in [6, 6.07) is 19.4. The van der Waals surface area contributed by atoms with Crippen molar-refractivity contribution in [1.82, 2.24) is 10.6 Å². The molecule has 5 heteroatoms. The Balaban J connectivity index is 1.90. The first-order chi connectivity index (χ1) is 12.0. The number of amides is 1. The Labute approximate surface area is 154 Å². The molecule has 25 heavy (non-hydrogen) atoms. The van der Waals surface area contributed by atoms with Crippen LogP contribution >= 0.6 is 12.2 Å². The first-order valence-corrected chi connectivity index (χ1v) is 8.61. The maximum Gasteiger partial charge on any atom is 0.245 e. The number of nitrogens with one attached hydrogen (secondary N) is 3. The van der Waals surface area contributed by atoms with Gasteiger partial charge in [0.15, 0.2) is 5.11 Å². The summed E-state index contributed by atoms with van der Waals surface area (Å²) in [5.74, 6) is 0.00200. The highest BCUT2D eigenvalue weighted by molar-refractivity contribution is 7.80. The summed E-state index contributed by atoms with van der Waals surface area (Å²) in [7, 11) is 0. The number of benzene rings is 2. The van der Waals surface area contributed by atoms with Gasteiger partial charge in [0.05, 0.1) is 0 Å². The van der Waals surface area contributed by atoms with Crippen LogP contribution in [0, 0.1) is 5.92 Å². The molecule has 0 saturated heterocycles. The zero-order valence-electron chi connectivity index (χ0n) is 14.4. The third kappa shape index (κ3) is 6.77. The molecule has 0 aliphatic rings. The van der Waals surface area contributed by atoms with Crippen molar-refractivity contribution in [3.63, 3.8) is 0 Å². The molecule has 0 radical (unpaired) electrons. The molecule has 0 aliphatic carbocycles. The Morgan fingerprint density at radius 1 is 0.960 bits per heavy atom. The zero-order valence-corrected chi connectivity index (χ0v) is 15.2. The molecular formula is C20H23N3OS. The summed E-state index contributed by atoms with van der Waals surface area (Å²) in [5.41, 5.74) is 1.88. The summed E-state index contributed by atoms with van der Waals surface area (Å²) < 4.78 is 0. The maximum absolute atomic E-state index is 12.2. The molecule has 1 atom stereocenters. The van der Waals surface area contributed by atoms with Gasteiger partial charge in [0.1, 0.15) is 6.17 Å². The van der Waals surface area contributed by atoms with Gasteiger partial charge in [-0.25, -0.2) is 0 Å². The number of hydrogen-bond donors (Lipinski definition) is 3. The average Bonchev–Trinajstić information content (AvgIpc) is 2.61. The molecule has 4 nitrogen and oxygen atoms in total. The van der Waals surface area contributed by atoms with Crippen LogP contribution in [0.2, 0.25) is 0 Å². The van der Waals surface area contributed by atoms with Crippen molar-refractivity contribution in [3.05, 3.63) is 72.3 Å². The van der Waals surface area contributed by atoms with E-state index < -0.39 is 0 Å². The number of thiocarbonyl (C=S) groups is 1. The van der Waals surface area contributed by atoms with Crippen LogP contribution in [0.5, 0.6) is 0 Å². The second-order valence-corrected chi connectivity index (χ2v) is 6.35. The van der Waals surface area contributed by atoms with Crippen LogP contribution in [0.4, 0.5) is 5.69 Å². The third-order valence-electron chi connectivity index (χ3n) is 3.51. The Morgan fingerprint density at radius 3 is 2.16 bits per heavy atom. The molecule has 2 rings (SSSR count). The highest BCUT2D eigenvalue weighted by Gasteiger charge is 2.15. The van der Waals surface area contributed by atoms with Gasteiger partial charge >= 0.3 is 0 Å². The molecule has 1 amide bonds. The fourth-order valence-electron chi connectivity index (χ4n) is 2.14. The molecule has 0 spiro atoms. The van der Waals surface area contributed by atoms with Crippen LogP contribution in [0.25, 0.3) is 6.08 Å².